The Hall–Kier alpha value is -1.36. The molecule has 0 spiro atoms. The van der Waals surface area contributed by atoms with Gasteiger partial charge in [-0.15, -0.1) is 0 Å². The maximum Gasteiger partial charge on any atom is 0.145 e. The number of H-pyrrole nitrogens is 1. The number of nitrogens with two attached hydrogens (primary N) is 1. The van der Waals surface area contributed by atoms with Gasteiger partial charge in [0.25, 0.3) is 0 Å². The third kappa shape index (κ3) is 1.70. The predicted molar refractivity (Wildman–Crippen MR) is 46.6 cm³/mol. The standard InChI is InChI=1S/C8H12N4O/c9-7(8-10-5-11-12-8)6-2-1-3-13-4-6/h4-5,7H,1-3,9H2,(H,10,11,12). The van der Waals surface area contributed by atoms with Crippen LogP contribution in [0.2, 0.25) is 0 Å². The van der Waals surface area contributed by atoms with Gasteiger partial charge >= 0.3 is 0 Å². The van der Waals surface area contributed by atoms with Crippen molar-refractivity contribution in [3.63, 3.8) is 0 Å². The molecule has 0 bridgehead atoms. The van der Waals surface area contributed by atoms with Gasteiger partial charge in [-0.05, 0) is 18.4 Å². The van der Waals surface area contributed by atoms with E-state index in [0.717, 1.165) is 25.0 Å². The third-order valence-corrected chi connectivity index (χ3v) is 2.09. The minimum atomic E-state index is -0.206. The van der Waals surface area contributed by atoms with Gasteiger partial charge in [0.15, 0.2) is 0 Å². The summed E-state index contributed by atoms with van der Waals surface area (Å²) in [4.78, 5) is 4.00. The lowest BCUT2D eigenvalue weighted by molar-refractivity contribution is 0.221. The Balaban J connectivity index is 2.12. The molecule has 13 heavy (non-hydrogen) atoms. The van der Waals surface area contributed by atoms with Gasteiger partial charge in [-0.3, -0.25) is 5.10 Å². The molecule has 1 atom stereocenters. The number of hydrogen-bond acceptors (Lipinski definition) is 4. The zero-order valence-corrected chi connectivity index (χ0v) is 7.23. The van der Waals surface area contributed by atoms with E-state index in [2.05, 4.69) is 15.2 Å². The van der Waals surface area contributed by atoms with E-state index >= 15 is 0 Å². The largest absolute Gasteiger partial charge is 0.501 e. The first-order valence-electron chi connectivity index (χ1n) is 4.29. The van der Waals surface area contributed by atoms with Crippen LogP contribution in [0, 0.1) is 0 Å². The molecule has 0 fully saturated rings. The molecule has 1 aromatic heterocycles. The topological polar surface area (TPSA) is 76.8 Å². The summed E-state index contributed by atoms with van der Waals surface area (Å²) >= 11 is 0. The molecule has 5 heteroatoms. The van der Waals surface area contributed by atoms with Gasteiger partial charge in [-0.2, -0.15) is 5.10 Å². The first-order chi connectivity index (χ1) is 6.38. The molecule has 1 aliphatic heterocycles. The average Bonchev–Trinajstić information content (AvgIpc) is 2.71. The summed E-state index contributed by atoms with van der Waals surface area (Å²) < 4.78 is 5.20. The van der Waals surface area contributed by atoms with Crippen LogP contribution >= 0.6 is 0 Å². The Morgan fingerprint density at radius 2 is 2.54 bits per heavy atom. The summed E-state index contributed by atoms with van der Waals surface area (Å²) in [6, 6.07) is -0.206. The highest BCUT2D eigenvalue weighted by atomic mass is 16.5. The third-order valence-electron chi connectivity index (χ3n) is 2.09. The molecule has 0 aromatic carbocycles. The molecule has 3 N–H and O–H groups in total. The van der Waals surface area contributed by atoms with E-state index in [1.54, 1.807) is 6.26 Å². The summed E-state index contributed by atoms with van der Waals surface area (Å²) in [5.74, 6) is 0.691. The lowest BCUT2D eigenvalue weighted by Crippen LogP contribution is -2.17. The second kappa shape index (κ2) is 3.57. The first-order valence-corrected chi connectivity index (χ1v) is 4.29. The highest BCUT2D eigenvalue weighted by Crippen LogP contribution is 2.22. The van der Waals surface area contributed by atoms with Crippen molar-refractivity contribution in [3.8, 4) is 0 Å². The summed E-state index contributed by atoms with van der Waals surface area (Å²) in [5.41, 5.74) is 7.00. The van der Waals surface area contributed by atoms with Crippen LogP contribution in [0.3, 0.4) is 0 Å². The van der Waals surface area contributed by atoms with Crippen molar-refractivity contribution < 1.29 is 4.74 Å². The van der Waals surface area contributed by atoms with E-state index in [-0.39, 0.29) is 6.04 Å². The second-order valence-electron chi connectivity index (χ2n) is 3.02. The smallest absolute Gasteiger partial charge is 0.145 e. The van der Waals surface area contributed by atoms with Crippen molar-refractivity contribution in [1.82, 2.24) is 15.2 Å². The molecular formula is C8H12N4O. The number of ether oxygens (including phenoxy) is 1. The molecule has 1 unspecified atom stereocenters. The van der Waals surface area contributed by atoms with E-state index in [1.165, 1.54) is 6.33 Å². The zero-order chi connectivity index (χ0) is 9.10. The predicted octanol–water partition coefficient (Wildman–Crippen LogP) is 0.499. The highest BCUT2D eigenvalue weighted by molar-refractivity contribution is 5.15. The molecule has 0 saturated carbocycles. The molecule has 0 aliphatic carbocycles. The molecule has 2 rings (SSSR count). The lowest BCUT2D eigenvalue weighted by atomic mass is 10.0. The maximum absolute atomic E-state index is 5.93. The van der Waals surface area contributed by atoms with Crippen LogP contribution in [-0.4, -0.2) is 21.8 Å². The Morgan fingerprint density at radius 1 is 1.62 bits per heavy atom. The van der Waals surface area contributed by atoms with Crippen LogP contribution in [0.4, 0.5) is 0 Å². The zero-order valence-electron chi connectivity index (χ0n) is 7.23. The van der Waals surface area contributed by atoms with E-state index in [4.69, 9.17) is 10.5 Å². The highest BCUT2D eigenvalue weighted by Gasteiger charge is 2.16. The molecular weight excluding hydrogens is 168 g/mol. The fraction of sp³-hybridized carbons (Fsp3) is 0.500. The molecule has 70 valence electrons. The van der Waals surface area contributed by atoms with Crippen molar-refractivity contribution in [2.45, 2.75) is 18.9 Å². The molecule has 1 aromatic rings. The molecule has 1 aliphatic rings. The Kier molecular flexibility index (Phi) is 2.27. The average molecular weight is 180 g/mol. The van der Waals surface area contributed by atoms with Crippen molar-refractivity contribution in [2.75, 3.05) is 6.61 Å². The number of rotatable bonds is 2. The lowest BCUT2D eigenvalue weighted by Gasteiger charge is -2.17. The van der Waals surface area contributed by atoms with Crippen molar-refractivity contribution in [1.29, 1.82) is 0 Å². The van der Waals surface area contributed by atoms with Crippen molar-refractivity contribution in [3.05, 3.63) is 24.0 Å². The Labute approximate surface area is 76.0 Å². The Bertz CT molecular complexity index is 293. The number of aromatic nitrogens is 3. The fourth-order valence-corrected chi connectivity index (χ4v) is 1.35. The van der Waals surface area contributed by atoms with Crippen LogP contribution in [-0.2, 0) is 4.74 Å². The SMILES string of the molecule is NC(C1=COCCC1)c1ncn[nH]1. The van der Waals surface area contributed by atoms with E-state index in [1.807, 2.05) is 0 Å². The number of aromatic amines is 1. The summed E-state index contributed by atoms with van der Waals surface area (Å²) in [7, 11) is 0. The fourth-order valence-electron chi connectivity index (χ4n) is 1.35. The van der Waals surface area contributed by atoms with Crippen LogP contribution in [0.1, 0.15) is 24.7 Å². The van der Waals surface area contributed by atoms with Crippen LogP contribution < -0.4 is 5.73 Å². The number of nitrogens with zero attached hydrogens (tertiary/aromatic N) is 2. The van der Waals surface area contributed by atoms with Crippen molar-refractivity contribution >= 4 is 0 Å². The van der Waals surface area contributed by atoms with Crippen LogP contribution in [0.25, 0.3) is 0 Å². The van der Waals surface area contributed by atoms with E-state index < -0.39 is 0 Å². The molecule has 2 heterocycles. The summed E-state index contributed by atoms with van der Waals surface area (Å²) in [5, 5.41) is 6.51. The van der Waals surface area contributed by atoms with Gasteiger partial charge in [-0.25, -0.2) is 4.98 Å². The van der Waals surface area contributed by atoms with Gasteiger partial charge in [0.1, 0.15) is 12.2 Å². The second-order valence-corrected chi connectivity index (χ2v) is 3.02. The van der Waals surface area contributed by atoms with Gasteiger partial charge in [0.05, 0.1) is 18.9 Å². The normalized spacial score (nSPS) is 19.0. The van der Waals surface area contributed by atoms with Crippen LogP contribution in [0.5, 0.6) is 0 Å². The maximum atomic E-state index is 5.93. The first kappa shape index (κ1) is 8.25. The van der Waals surface area contributed by atoms with Gasteiger partial charge in [0, 0.05) is 0 Å². The van der Waals surface area contributed by atoms with Crippen molar-refractivity contribution in [2.24, 2.45) is 5.73 Å². The summed E-state index contributed by atoms with van der Waals surface area (Å²) in [6.07, 6.45) is 5.19. The van der Waals surface area contributed by atoms with Gasteiger partial charge in [-0.1, -0.05) is 0 Å². The van der Waals surface area contributed by atoms with Gasteiger partial charge in [0.2, 0.25) is 0 Å². The van der Waals surface area contributed by atoms with Crippen LogP contribution in [0.15, 0.2) is 18.2 Å². The minimum Gasteiger partial charge on any atom is -0.501 e. The number of nitrogens with one attached hydrogen (secondary N) is 1. The Morgan fingerprint density at radius 3 is 3.15 bits per heavy atom. The number of hydrogen-bond donors (Lipinski definition) is 2. The van der Waals surface area contributed by atoms with E-state index in [9.17, 15) is 0 Å². The molecule has 0 saturated heterocycles. The molecule has 0 amide bonds. The monoisotopic (exact) mass is 180 g/mol. The molecule has 0 radical (unpaired) electrons. The minimum absolute atomic E-state index is 0.206. The van der Waals surface area contributed by atoms with Gasteiger partial charge < -0.3 is 10.5 Å². The van der Waals surface area contributed by atoms with E-state index in [0.29, 0.717) is 5.82 Å². The molecule has 5 nitrogen and oxygen atoms in total. The summed E-state index contributed by atoms with van der Waals surface area (Å²) in [6.45, 7) is 0.784. The quantitative estimate of drug-likeness (QED) is 0.694.